The molecular formula is C7H4Cl2F3NO4S. The van der Waals surface area contributed by atoms with E-state index in [2.05, 4.69) is 14.5 Å². The summed E-state index contributed by atoms with van der Waals surface area (Å²) in [5, 5.41) is -0.601. The van der Waals surface area contributed by atoms with Crippen LogP contribution < -0.4 is 9.47 Å². The minimum atomic E-state index is -5.15. The zero-order chi connectivity index (χ0) is 14.1. The molecule has 0 aromatic carbocycles. The Morgan fingerprint density at radius 3 is 2.33 bits per heavy atom. The summed E-state index contributed by atoms with van der Waals surface area (Å²) in [6.07, 6.45) is -5.15. The van der Waals surface area contributed by atoms with Gasteiger partial charge in [0.15, 0.2) is 4.90 Å². The first kappa shape index (κ1) is 15.1. The van der Waals surface area contributed by atoms with Crippen LogP contribution in [0.3, 0.4) is 0 Å². The summed E-state index contributed by atoms with van der Waals surface area (Å²) in [5.41, 5.74) is 0. The van der Waals surface area contributed by atoms with Crippen LogP contribution in [0.15, 0.2) is 11.0 Å². The minimum Gasteiger partial charge on any atom is -0.481 e. The van der Waals surface area contributed by atoms with Crippen LogP contribution in [0, 0.1) is 0 Å². The van der Waals surface area contributed by atoms with Crippen LogP contribution in [0.1, 0.15) is 0 Å². The fraction of sp³-hybridized carbons (Fsp3) is 0.286. The molecule has 0 bridgehead atoms. The van der Waals surface area contributed by atoms with Gasteiger partial charge in [0.1, 0.15) is 0 Å². The summed E-state index contributed by atoms with van der Waals surface area (Å²) in [4.78, 5) is 2.11. The van der Waals surface area contributed by atoms with E-state index in [-0.39, 0.29) is 5.88 Å². The molecule has 5 nitrogen and oxygen atoms in total. The van der Waals surface area contributed by atoms with Gasteiger partial charge in [-0.05, 0) is 0 Å². The van der Waals surface area contributed by atoms with E-state index in [0.717, 1.165) is 13.2 Å². The minimum absolute atomic E-state index is 0.358. The second kappa shape index (κ2) is 4.98. The monoisotopic (exact) mass is 325 g/mol. The van der Waals surface area contributed by atoms with E-state index in [9.17, 15) is 21.6 Å². The fourth-order valence-electron chi connectivity index (χ4n) is 0.963. The number of halogens is 5. The molecular weight excluding hydrogens is 322 g/mol. The molecule has 0 atom stereocenters. The van der Waals surface area contributed by atoms with Crippen molar-refractivity contribution in [1.29, 1.82) is 0 Å². The van der Waals surface area contributed by atoms with Crippen LogP contribution in [0.2, 0.25) is 5.02 Å². The van der Waals surface area contributed by atoms with Gasteiger partial charge in [-0.1, -0.05) is 11.6 Å². The molecule has 18 heavy (non-hydrogen) atoms. The SMILES string of the molecule is COc1cc(Cl)c(S(=O)(=O)Cl)c(OC(F)(F)F)n1. The number of aromatic nitrogens is 1. The Balaban J connectivity index is 3.49. The fourth-order valence-corrected chi connectivity index (χ4v) is 2.60. The lowest BCUT2D eigenvalue weighted by atomic mass is 10.4. The normalized spacial score (nSPS) is 12.3. The summed E-state index contributed by atoms with van der Waals surface area (Å²) in [5.74, 6) is -1.66. The quantitative estimate of drug-likeness (QED) is 0.799. The number of pyridine rings is 1. The van der Waals surface area contributed by atoms with Crippen molar-refractivity contribution in [2.24, 2.45) is 0 Å². The molecule has 0 amide bonds. The first-order chi connectivity index (χ1) is 8.04. The average Bonchev–Trinajstić information content (AvgIpc) is 2.11. The van der Waals surface area contributed by atoms with Crippen molar-refractivity contribution in [3.8, 4) is 11.8 Å². The highest BCUT2D eigenvalue weighted by atomic mass is 35.7. The van der Waals surface area contributed by atoms with Gasteiger partial charge in [0.25, 0.3) is 9.05 Å². The Morgan fingerprint density at radius 1 is 1.39 bits per heavy atom. The molecule has 102 valence electrons. The number of nitrogens with zero attached hydrogens (tertiary/aromatic N) is 1. The smallest absolute Gasteiger partial charge is 0.481 e. The molecule has 0 fully saturated rings. The predicted molar refractivity (Wildman–Crippen MR) is 55.5 cm³/mol. The van der Waals surface area contributed by atoms with E-state index in [1.807, 2.05) is 0 Å². The Morgan fingerprint density at radius 2 is 1.94 bits per heavy atom. The summed E-state index contributed by atoms with van der Waals surface area (Å²) in [6, 6.07) is 0.889. The third-order valence-electron chi connectivity index (χ3n) is 1.54. The lowest BCUT2D eigenvalue weighted by molar-refractivity contribution is -0.277. The van der Waals surface area contributed by atoms with Gasteiger partial charge >= 0.3 is 6.36 Å². The molecule has 0 radical (unpaired) electrons. The van der Waals surface area contributed by atoms with Gasteiger partial charge in [-0.25, -0.2) is 8.42 Å². The van der Waals surface area contributed by atoms with Crippen LogP contribution in [0.25, 0.3) is 0 Å². The van der Waals surface area contributed by atoms with Crippen molar-refractivity contribution in [2.75, 3.05) is 7.11 Å². The van der Waals surface area contributed by atoms with E-state index in [4.69, 9.17) is 22.3 Å². The molecule has 11 heteroatoms. The van der Waals surface area contributed by atoms with E-state index in [0.29, 0.717) is 0 Å². The van der Waals surface area contributed by atoms with E-state index in [1.165, 1.54) is 0 Å². The molecule has 0 unspecified atom stereocenters. The Labute approximate surface area is 109 Å². The van der Waals surface area contributed by atoms with E-state index < -0.39 is 31.2 Å². The van der Waals surface area contributed by atoms with Gasteiger partial charge in [-0.15, -0.1) is 13.2 Å². The van der Waals surface area contributed by atoms with Crippen molar-refractivity contribution < 1.29 is 31.1 Å². The number of rotatable bonds is 3. The van der Waals surface area contributed by atoms with Gasteiger partial charge in [0, 0.05) is 16.7 Å². The molecule has 0 aliphatic rings. The lowest BCUT2D eigenvalue weighted by Gasteiger charge is -2.12. The number of methoxy groups -OCH3 is 1. The number of hydrogen-bond acceptors (Lipinski definition) is 5. The molecule has 0 spiro atoms. The van der Waals surface area contributed by atoms with Crippen LogP contribution in [0.4, 0.5) is 13.2 Å². The topological polar surface area (TPSA) is 65.5 Å². The van der Waals surface area contributed by atoms with Gasteiger partial charge in [-0.2, -0.15) is 4.98 Å². The lowest BCUT2D eigenvalue weighted by Crippen LogP contribution is -2.19. The van der Waals surface area contributed by atoms with Crippen LogP contribution in [0.5, 0.6) is 11.8 Å². The van der Waals surface area contributed by atoms with Crippen molar-refractivity contribution >= 4 is 31.3 Å². The summed E-state index contributed by atoms with van der Waals surface area (Å²) >= 11 is 5.50. The highest BCUT2D eigenvalue weighted by Crippen LogP contribution is 2.37. The van der Waals surface area contributed by atoms with Crippen molar-refractivity contribution in [2.45, 2.75) is 11.3 Å². The molecule has 0 aliphatic carbocycles. The standard InChI is InChI=1S/C7H4Cl2F3NO4S/c1-16-4-2-3(8)5(18(9,14)15)6(13-4)17-7(10,11)12/h2H,1H3. The van der Waals surface area contributed by atoms with E-state index in [1.54, 1.807) is 0 Å². The molecule has 0 N–H and O–H groups in total. The molecule has 0 saturated carbocycles. The third-order valence-corrected chi connectivity index (χ3v) is 3.29. The maximum absolute atomic E-state index is 12.1. The molecule has 1 aromatic heterocycles. The third kappa shape index (κ3) is 3.79. The maximum Gasteiger partial charge on any atom is 0.574 e. The van der Waals surface area contributed by atoms with Crippen molar-refractivity contribution in [1.82, 2.24) is 4.98 Å². The van der Waals surface area contributed by atoms with Crippen LogP contribution >= 0.6 is 22.3 Å². The second-order valence-electron chi connectivity index (χ2n) is 2.77. The van der Waals surface area contributed by atoms with E-state index >= 15 is 0 Å². The Hall–Kier alpha value is -0.930. The van der Waals surface area contributed by atoms with Gasteiger partial charge < -0.3 is 9.47 Å². The number of alkyl halides is 3. The molecule has 1 aromatic rings. The maximum atomic E-state index is 12.1. The first-order valence-electron chi connectivity index (χ1n) is 3.99. The zero-order valence-electron chi connectivity index (χ0n) is 8.46. The number of hydrogen-bond donors (Lipinski definition) is 0. The van der Waals surface area contributed by atoms with Gasteiger partial charge in [-0.3, -0.25) is 0 Å². The van der Waals surface area contributed by atoms with Crippen molar-refractivity contribution in [3.05, 3.63) is 11.1 Å². The molecule has 1 rings (SSSR count). The summed E-state index contributed by atoms with van der Waals surface area (Å²) in [6.45, 7) is 0. The summed E-state index contributed by atoms with van der Waals surface area (Å²) < 4.78 is 66.5. The molecule has 1 heterocycles. The zero-order valence-corrected chi connectivity index (χ0v) is 10.8. The Kier molecular flexibility index (Phi) is 4.19. The van der Waals surface area contributed by atoms with Crippen LogP contribution in [-0.4, -0.2) is 26.9 Å². The Bertz CT molecular complexity index is 561. The highest BCUT2D eigenvalue weighted by molar-refractivity contribution is 8.13. The largest absolute Gasteiger partial charge is 0.574 e. The predicted octanol–water partition coefficient (Wildman–Crippen LogP) is 2.57. The van der Waals surface area contributed by atoms with Crippen molar-refractivity contribution in [3.63, 3.8) is 0 Å². The van der Waals surface area contributed by atoms with Crippen LogP contribution in [-0.2, 0) is 9.05 Å². The summed E-state index contributed by atoms with van der Waals surface area (Å²) in [7, 11) is 1.49. The highest BCUT2D eigenvalue weighted by Gasteiger charge is 2.36. The first-order valence-corrected chi connectivity index (χ1v) is 6.68. The second-order valence-corrected chi connectivity index (χ2v) is 5.68. The van der Waals surface area contributed by atoms with Gasteiger partial charge in [0.05, 0.1) is 12.1 Å². The molecule has 0 saturated heterocycles. The average molecular weight is 326 g/mol. The van der Waals surface area contributed by atoms with Gasteiger partial charge in [0.2, 0.25) is 11.8 Å². The number of ether oxygens (including phenoxy) is 2. The molecule has 0 aliphatic heterocycles.